The number of nitrogens with zero attached hydrogens (tertiary/aromatic N) is 1. The Morgan fingerprint density at radius 3 is 2.72 bits per heavy atom. The minimum Gasteiger partial charge on any atom is -0.469 e. The van der Waals surface area contributed by atoms with Crippen LogP contribution in [0, 0.1) is 5.92 Å². The summed E-state index contributed by atoms with van der Waals surface area (Å²) in [4.78, 5) is 27.5. The molecule has 0 radical (unpaired) electrons. The fourth-order valence-corrected chi connectivity index (χ4v) is 2.02. The second-order valence-electron chi connectivity index (χ2n) is 4.30. The molecule has 1 unspecified atom stereocenters. The fraction of sp³-hybridized carbons (Fsp3) is 0.357. The number of methoxy groups -OCH3 is 1. The van der Waals surface area contributed by atoms with Crippen molar-refractivity contribution in [2.24, 2.45) is 10.9 Å². The van der Waals surface area contributed by atoms with Crippen molar-refractivity contribution < 1.29 is 14.3 Å². The molecule has 1 atom stereocenters. The molecule has 4 heteroatoms. The molecular formula is C14H15NO3. The van der Waals surface area contributed by atoms with E-state index in [-0.39, 0.29) is 24.1 Å². The predicted octanol–water partition coefficient (Wildman–Crippen LogP) is 1.89. The average molecular weight is 245 g/mol. The first kappa shape index (κ1) is 12.5. The molecule has 4 nitrogen and oxygen atoms in total. The van der Waals surface area contributed by atoms with E-state index in [0.717, 1.165) is 5.71 Å². The molecule has 1 aromatic carbocycles. The maximum atomic E-state index is 11.9. The van der Waals surface area contributed by atoms with E-state index in [0.29, 0.717) is 18.5 Å². The van der Waals surface area contributed by atoms with Crippen LogP contribution in [0.4, 0.5) is 0 Å². The number of Topliss-reactive ketones (excluding diaryl/α,β-unsaturated/α-hetero) is 1. The lowest BCUT2D eigenvalue weighted by atomic mass is 10.0. The van der Waals surface area contributed by atoms with Gasteiger partial charge in [-0.25, -0.2) is 0 Å². The number of ether oxygens (including phenoxy) is 1. The number of ketones is 1. The second-order valence-corrected chi connectivity index (χ2v) is 4.30. The molecule has 0 spiro atoms. The number of aliphatic imine (C=N–C) groups is 1. The molecule has 0 fully saturated rings. The van der Waals surface area contributed by atoms with Crippen LogP contribution in [0.1, 0.15) is 23.2 Å². The average Bonchev–Trinajstić information content (AvgIpc) is 2.87. The lowest BCUT2D eigenvalue weighted by Crippen LogP contribution is -2.17. The van der Waals surface area contributed by atoms with Crippen molar-refractivity contribution in [1.82, 2.24) is 0 Å². The van der Waals surface area contributed by atoms with Gasteiger partial charge in [0.1, 0.15) is 0 Å². The highest BCUT2D eigenvalue weighted by atomic mass is 16.5. The SMILES string of the molecule is COC(=O)C1CN=C(CC(=O)c2ccccc2)C1. The molecule has 1 aromatic rings. The Labute approximate surface area is 106 Å². The largest absolute Gasteiger partial charge is 0.469 e. The van der Waals surface area contributed by atoms with Gasteiger partial charge in [-0.2, -0.15) is 0 Å². The summed E-state index contributed by atoms with van der Waals surface area (Å²) in [5.74, 6) is -0.422. The summed E-state index contributed by atoms with van der Waals surface area (Å²) in [6, 6.07) is 9.12. The van der Waals surface area contributed by atoms with Crippen LogP contribution in [-0.2, 0) is 9.53 Å². The van der Waals surface area contributed by atoms with Gasteiger partial charge >= 0.3 is 5.97 Å². The van der Waals surface area contributed by atoms with E-state index in [1.54, 1.807) is 12.1 Å². The molecule has 1 aliphatic rings. The topological polar surface area (TPSA) is 55.7 Å². The van der Waals surface area contributed by atoms with Gasteiger partial charge in [-0.15, -0.1) is 0 Å². The van der Waals surface area contributed by atoms with Gasteiger partial charge in [0.15, 0.2) is 5.78 Å². The van der Waals surface area contributed by atoms with Crippen LogP contribution in [-0.4, -0.2) is 31.1 Å². The summed E-state index contributed by atoms with van der Waals surface area (Å²) in [6.07, 6.45) is 0.822. The standard InChI is InChI=1S/C14H15NO3/c1-18-14(17)11-7-12(15-9-11)8-13(16)10-5-3-2-4-6-10/h2-6,11H,7-9H2,1H3. The van der Waals surface area contributed by atoms with Crippen LogP contribution >= 0.6 is 0 Å². The van der Waals surface area contributed by atoms with E-state index in [9.17, 15) is 9.59 Å². The Morgan fingerprint density at radius 1 is 1.33 bits per heavy atom. The fourth-order valence-electron chi connectivity index (χ4n) is 2.02. The number of carbonyl (C=O) groups is 2. The number of esters is 1. The molecule has 1 aliphatic heterocycles. The maximum absolute atomic E-state index is 11.9. The first-order chi connectivity index (χ1) is 8.70. The lowest BCUT2D eigenvalue weighted by molar-refractivity contribution is -0.144. The van der Waals surface area contributed by atoms with Crippen LogP contribution in [0.25, 0.3) is 0 Å². The van der Waals surface area contributed by atoms with Crippen molar-refractivity contribution in [3.8, 4) is 0 Å². The van der Waals surface area contributed by atoms with Gasteiger partial charge in [-0.1, -0.05) is 30.3 Å². The van der Waals surface area contributed by atoms with Crippen molar-refractivity contribution >= 4 is 17.5 Å². The molecule has 0 amide bonds. The highest BCUT2D eigenvalue weighted by Crippen LogP contribution is 2.18. The first-order valence-corrected chi connectivity index (χ1v) is 5.89. The molecule has 1 heterocycles. The van der Waals surface area contributed by atoms with Gasteiger partial charge in [-0.05, 0) is 0 Å². The van der Waals surface area contributed by atoms with Crippen LogP contribution < -0.4 is 0 Å². The van der Waals surface area contributed by atoms with Crippen molar-refractivity contribution in [3.63, 3.8) is 0 Å². The highest BCUT2D eigenvalue weighted by molar-refractivity contribution is 6.10. The van der Waals surface area contributed by atoms with E-state index in [1.807, 2.05) is 18.2 Å². The normalized spacial score (nSPS) is 18.3. The van der Waals surface area contributed by atoms with Crippen LogP contribution in [0.3, 0.4) is 0 Å². The van der Waals surface area contributed by atoms with Crippen molar-refractivity contribution in [3.05, 3.63) is 35.9 Å². The molecule has 0 saturated heterocycles. The van der Waals surface area contributed by atoms with E-state index < -0.39 is 0 Å². The maximum Gasteiger partial charge on any atom is 0.310 e. The minimum absolute atomic E-state index is 0.0415. The molecule has 18 heavy (non-hydrogen) atoms. The Kier molecular flexibility index (Phi) is 3.87. The first-order valence-electron chi connectivity index (χ1n) is 5.89. The Morgan fingerprint density at radius 2 is 2.06 bits per heavy atom. The van der Waals surface area contributed by atoms with Crippen LogP contribution in [0.5, 0.6) is 0 Å². The molecule has 0 N–H and O–H groups in total. The van der Waals surface area contributed by atoms with E-state index in [2.05, 4.69) is 9.73 Å². The van der Waals surface area contributed by atoms with Gasteiger partial charge in [-0.3, -0.25) is 14.6 Å². The molecule has 0 aromatic heterocycles. The van der Waals surface area contributed by atoms with E-state index in [1.165, 1.54) is 7.11 Å². The summed E-state index contributed by atoms with van der Waals surface area (Å²) in [7, 11) is 1.37. The summed E-state index contributed by atoms with van der Waals surface area (Å²) >= 11 is 0. The smallest absolute Gasteiger partial charge is 0.310 e. The Balaban J connectivity index is 1.92. The van der Waals surface area contributed by atoms with E-state index >= 15 is 0 Å². The third-order valence-electron chi connectivity index (χ3n) is 3.01. The van der Waals surface area contributed by atoms with Crippen molar-refractivity contribution in [2.75, 3.05) is 13.7 Å². The zero-order chi connectivity index (χ0) is 13.0. The number of hydrogen-bond acceptors (Lipinski definition) is 4. The molecule has 0 saturated carbocycles. The van der Waals surface area contributed by atoms with Gasteiger partial charge < -0.3 is 4.74 Å². The van der Waals surface area contributed by atoms with Gasteiger partial charge in [0.05, 0.1) is 19.6 Å². The molecular weight excluding hydrogens is 230 g/mol. The Bertz CT molecular complexity index is 479. The van der Waals surface area contributed by atoms with Crippen molar-refractivity contribution in [1.29, 1.82) is 0 Å². The molecule has 94 valence electrons. The third kappa shape index (κ3) is 2.83. The van der Waals surface area contributed by atoms with Gasteiger partial charge in [0.25, 0.3) is 0 Å². The third-order valence-corrected chi connectivity index (χ3v) is 3.01. The summed E-state index contributed by atoms with van der Waals surface area (Å²) in [5.41, 5.74) is 1.47. The molecule has 2 rings (SSSR count). The summed E-state index contributed by atoms with van der Waals surface area (Å²) < 4.78 is 4.67. The Hall–Kier alpha value is -1.97. The molecule has 0 bridgehead atoms. The number of benzene rings is 1. The number of carbonyl (C=O) groups excluding carboxylic acids is 2. The van der Waals surface area contributed by atoms with Crippen molar-refractivity contribution in [2.45, 2.75) is 12.8 Å². The van der Waals surface area contributed by atoms with Crippen LogP contribution in [0.2, 0.25) is 0 Å². The second kappa shape index (κ2) is 5.58. The minimum atomic E-state index is -0.249. The van der Waals surface area contributed by atoms with Crippen LogP contribution in [0.15, 0.2) is 35.3 Å². The summed E-state index contributed by atoms with van der Waals surface area (Å²) in [5, 5.41) is 0. The lowest BCUT2D eigenvalue weighted by Gasteiger charge is -2.05. The highest BCUT2D eigenvalue weighted by Gasteiger charge is 2.27. The predicted molar refractivity (Wildman–Crippen MR) is 67.8 cm³/mol. The zero-order valence-corrected chi connectivity index (χ0v) is 10.3. The molecule has 0 aliphatic carbocycles. The van der Waals surface area contributed by atoms with Gasteiger partial charge in [0, 0.05) is 24.1 Å². The monoisotopic (exact) mass is 245 g/mol. The number of hydrogen-bond donors (Lipinski definition) is 0. The quantitative estimate of drug-likeness (QED) is 0.601. The zero-order valence-electron chi connectivity index (χ0n) is 10.3. The van der Waals surface area contributed by atoms with E-state index in [4.69, 9.17) is 0 Å². The summed E-state index contributed by atoms with van der Waals surface area (Å²) in [6.45, 7) is 0.435. The van der Waals surface area contributed by atoms with Gasteiger partial charge in [0.2, 0.25) is 0 Å². The number of rotatable bonds is 4.